The lowest BCUT2D eigenvalue weighted by Crippen LogP contribution is -2.48. The van der Waals surface area contributed by atoms with Crippen LogP contribution in [0.25, 0.3) is 11.1 Å². The molecule has 132 valence electrons. The number of hydrogen-bond donors (Lipinski definition) is 1. The van der Waals surface area contributed by atoms with Gasteiger partial charge in [0.2, 0.25) is 0 Å². The van der Waals surface area contributed by atoms with Crippen LogP contribution in [-0.2, 0) is 6.18 Å². The highest BCUT2D eigenvalue weighted by Gasteiger charge is 2.30. The molecule has 1 aliphatic rings. The van der Waals surface area contributed by atoms with E-state index >= 15 is 0 Å². The summed E-state index contributed by atoms with van der Waals surface area (Å²) in [5.74, 6) is 0. The second-order valence-corrected chi connectivity index (χ2v) is 5.88. The van der Waals surface area contributed by atoms with Crippen molar-refractivity contribution in [2.24, 2.45) is 0 Å². The fourth-order valence-corrected chi connectivity index (χ4v) is 2.87. The molecule has 2 aromatic carbocycles. The van der Waals surface area contributed by atoms with Gasteiger partial charge in [-0.3, -0.25) is 0 Å². The summed E-state index contributed by atoms with van der Waals surface area (Å²) >= 11 is 0. The second kappa shape index (κ2) is 6.66. The highest BCUT2D eigenvalue weighted by Crippen LogP contribution is 2.31. The molecule has 0 atom stereocenters. The molecule has 0 aromatic heterocycles. The maximum Gasteiger partial charge on any atom is 0.416 e. The van der Waals surface area contributed by atoms with E-state index in [1.807, 2.05) is 24.3 Å². The molecule has 7 heteroatoms. The molecule has 0 aliphatic carbocycles. The number of hydrogen-bond acceptors (Lipinski definition) is 2. The van der Waals surface area contributed by atoms with Crippen molar-refractivity contribution >= 4 is 11.8 Å². The molecule has 0 saturated carbocycles. The van der Waals surface area contributed by atoms with Crippen LogP contribution in [0.1, 0.15) is 5.56 Å². The molecule has 1 N–H and O–H groups in total. The van der Waals surface area contributed by atoms with Crippen molar-refractivity contribution in [3.05, 3.63) is 54.1 Å². The Balaban J connectivity index is 1.69. The first-order valence-electron chi connectivity index (χ1n) is 7.85. The monoisotopic (exact) mass is 350 g/mol. The summed E-state index contributed by atoms with van der Waals surface area (Å²) < 4.78 is 37.8. The Hall–Kier alpha value is -2.70. The van der Waals surface area contributed by atoms with Gasteiger partial charge in [0.1, 0.15) is 0 Å². The normalized spacial score (nSPS) is 15.3. The van der Waals surface area contributed by atoms with Crippen LogP contribution < -0.4 is 4.90 Å². The fourth-order valence-electron chi connectivity index (χ4n) is 2.87. The third-order valence-electron chi connectivity index (χ3n) is 4.33. The molecule has 1 amide bonds. The Bertz CT molecular complexity index is 734. The van der Waals surface area contributed by atoms with Crippen molar-refractivity contribution in [1.82, 2.24) is 4.90 Å². The first-order chi connectivity index (χ1) is 11.8. The lowest BCUT2D eigenvalue weighted by atomic mass is 10.0. The zero-order chi connectivity index (χ0) is 18.0. The zero-order valence-electron chi connectivity index (χ0n) is 13.3. The average molecular weight is 350 g/mol. The van der Waals surface area contributed by atoms with Gasteiger partial charge in [0.15, 0.2) is 0 Å². The molecular formula is C18H17F3N2O2. The van der Waals surface area contributed by atoms with E-state index in [0.29, 0.717) is 26.2 Å². The maximum absolute atomic E-state index is 12.6. The standard InChI is InChI=1S/C18H17F3N2O2/c19-18(20,21)15-5-1-13(2-6-15)14-3-7-16(8-4-14)22-9-11-23(12-10-22)17(24)25/h1-8H,9-12H2,(H,24,25). The van der Waals surface area contributed by atoms with Gasteiger partial charge in [-0.05, 0) is 35.4 Å². The maximum atomic E-state index is 12.6. The van der Waals surface area contributed by atoms with Gasteiger partial charge in [0.05, 0.1) is 5.56 Å². The average Bonchev–Trinajstić information content (AvgIpc) is 2.61. The number of benzene rings is 2. The predicted octanol–water partition coefficient (Wildman–Crippen LogP) is 4.17. The van der Waals surface area contributed by atoms with Crippen LogP contribution in [0.15, 0.2) is 48.5 Å². The molecule has 4 nitrogen and oxygen atoms in total. The minimum absolute atomic E-state index is 0.454. The number of carbonyl (C=O) groups is 1. The molecule has 0 spiro atoms. The van der Waals surface area contributed by atoms with Crippen LogP contribution in [0, 0.1) is 0 Å². The van der Waals surface area contributed by atoms with Crippen LogP contribution in [0.3, 0.4) is 0 Å². The summed E-state index contributed by atoms with van der Waals surface area (Å²) in [5.41, 5.74) is 1.86. The van der Waals surface area contributed by atoms with Crippen LogP contribution >= 0.6 is 0 Å². The Morgan fingerprint density at radius 2 is 1.32 bits per heavy atom. The van der Waals surface area contributed by atoms with Gasteiger partial charge >= 0.3 is 12.3 Å². The van der Waals surface area contributed by atoms with E-state index in [2.05, 4.69) is 4.90 Å². The first-order valence-corrected chi connectivity index (χ1v) is 7.85. The smallest absolute Gasteiger partial charge is 0.416 e. The van der Waals surface area contributed by atoms with E-state index in [1.54, 1.807) is 0 Å². The van der Waals surface area contributed by atoms with E-state index in [4.69, 9.17) is 5.11 Å². The summed E-state index contributed by atoms with van der Waals surface area (Å²) in [6.45, 7) is 2.14. The highest BCUT2D eigenvalue weighted by atomic mass is 19.4. The number of anilines is 1. The van der Waals surface area contributed by atoms with E-state index in [9.17, 15) is 18.0 Å². The van der Waals surface area contributed by atoms with Gasteiger partial charge in [-0.15, -0.1) is 0 Å². The Morgan fingerprint density at radius 3 is 1.76 bits per heavy atom. The summed E-state index contributed by atoms with van der Waals surface area (Å²) in [5, 5.41) is 8.96. The number of amides is 1. The largest absolute Gasteiger partial charge is 0.465 e. The molecule has 2 aromatic rings. The summed E-state index contributed by atoms with van der Waals surface area (Å²) in [6, 6.07) is 12.6. The number of alkyl halides is 3. The third kappa shape index (κ3) is 3.87. The van der Waals surface area contributed by atoms with E-state index < -0.39 is 17.8 Å². The fraction of sp³-hybridized carbons (Fsp3) is 0.278. The Labute approximate surface area is 143 Å². The van der Waals surface area contributed by atoms with Crippen molar-refractivity contribution in [3.63, 3.8) is 0 Å². The third-order valence-corrected chi connectivity index (χ3v) is 4.33. The summed E-state index contributed by atoms with van der Waals surface area (Å²) in [4.78, 5) is 14.4. The number of nitrogens with zero attached hydrogens (tertiary/aromatic N) is 2. The van der Waals surface area contributed by atoms with E-state index in [-0.39, 0.29) is 0 Å². The van der Waals surface area contributed by atoms with Crippen LogP contribution in [-0.4, -0.2) is 42.3 Å². The van der Waals surface area contributed by atoms with Gasteiger partial charge in [-0.2, -0.15) is 13.2 Å². The molecule has 1 saturated heterocycles. The van der Waals surface area contributed by atoms with Gasteiger partial charge in [-0.25, -0.2) is 4.79 Å². The van der Waals surface area contributed by atoms with Crippen molar-refractivity contribution in [2.75, 3.05) is 31.1 Å². The number of carboxylic acid groups (broad SMARTS) is 1. The number of rotatable bonds is 2. The van der Waals surface area contributed by atoms with Gasteiger partial charge in [0, 0.05) is 31.9 Å². The summed E-state index contributed by atoms with van der Waals surface area (Å²) in [7, 11) is 0. The highest BCUT2D eigenvalue weighted by molar-refractivity contribution is 5.68. The van der Waals surface area contributed by atoms with Crippen molar-refractivity contribution in [1.29, 1.82) is 0 Å². The molecule has 1 fully saturated rings. The molecule has 0 radical (unpaired) electrons. The van der Waals surface area contributed by atoms with Crippen LogP contribution in [0.4, 0.5) is 23.7 Å². The van der Waals surface area contributed by atoms with Gasteiger partial charge in [0.25, 0.3) is 0 Å². The zero-order valence-corrected chi connectivity index (χ0v) is 13.3. The lowest BCUT2D eigenvalue weighted by Gasteiger charge is -2.34. The Morgan fingerprint density at radius 1 is 0.840 bits per heavy atom. The summed E-state index contributed by atoms with van der Waals surface area (Å²) in [6.07, 6.45) is -5.24. The van der Waals surface area contributed by atoms with Crippen molar-refractivity contribution in [2.45, 2.75) is 6.18 Å². The van der Waals surface area contributed by atoms with Crippen molar-refractivity contribution in [3.8, 4) is 11.1 Å². The molecule has 0 bridgehead atoms. The predicted molar refractivity (Wildman–Crippen MR) is 88.7 cm³/mol. The molecular weight excluding hydrogens is 333 g/mol. The van der Waals surface area contributed by atoms with E-state index in [1.165, 1.54) is 17.0 Å². The topological polar surface area (TPSA) is 43.8 Å². The molecule has 1 heterocycles. The minimum Gasteiger partial charge on any atom is -0.465 e. The minimum atomic E-state index is -4.33. The van der Waals surface area contributed by atoms with Crippen molar-refractivity contribution < 1.29 is 23.1 Å². The quantitative estimate of drug-likeness (QED) is 0.884. The SMILES string of the molecule is O=C(O)N1CCN(c2ccc(-c3ccc(C(F)(F)F)cc3)cc2)CC1. The first kappa shape index (κ1) is 17.1. The number of piperazine rings is 1. The van der Waals surface area contributed by atoms with Crippen LogP contribution in [0.5, 0.6) is 0 Å². The van der Waals surface area contributed by atoms with Crippen LogP contribution in [0.2, 0.25) is 0 Å². The lowest BCUT2D eigenvalue weighted by molar-refractivity contribution is -0.137. The Kier molecular flexibility index (Phi) is 4.57. The second-order valence-electron chi connectivity index (χ2n) is 5.88. The van der Waals surface area contributed by atoms with E-state index in [0.717, 1.165) is 28.9 Å². The van der Waals surface area contributed by atoms with Gasteiger partial charge in [-0.1, -0.05) is 24.3 Å². The molecule has 0 unspecified atom stereocenters. The van der Waals surface area contributed by atoms with Gasteiger partial charge < -0.3 is 14.9 Å². The molecule has 25 heavy (non-hydrogen) atoms. The number of halogens is 3. The molecule has 3 rings (SSSR count). The molecule has 1 aliphatic heterocycles.